The number of aromatic hydroxyl groups is 1. The fraction of sp³-hybridized carbons (Fsp3) is 0.125. The molecule has 1 heterocycles. The van der Waals surface area contributed by atoms with Crippen molar-refractivity contribution in [1.29, 1.82) is 0 Å². The zero-order valence-corrected chi connectivity index (χ0v) is 11.6. The summed E-state index contributed by atoms with van der Waals surface area (Å²) >= 11 is 0. The van der Waals surface area contributed by atoms with Gasteiger partial charge in [0.2, 0.25) is 0 Å². The number of rotatable bonds is 3. The number of hydrogen-bond acceptors (Lipinski definition) is 4. The van der Waals surface area contributed by atoms with E-state index in [1.165, 1.54) is 5.56 Å². The van der Waals surface area contributed by atoms with E-state index >= 15 is 0 Å². The molecule has 0 amide bonds. The minimum atomic E-state index is -0.357. The Labute approximate surface area is 122 Å². The molecule has 3 aromatic rings. The lowest BCUT2D eigenvalue weighted by Gasteiger charge is -2.08. The molecule has 5 nitrogen and oxygen atoms in total. The molecule has 106 valence electrons. The zero-order chi connectivity index (χ0) is 14.8. The van der Waals surface area contributed by atoms with Crippen molar-refractivity contribution in [2.45, 2.75) is 13.0 Å². The van der Waals surface area contributed by atoms with Crippen molar-refractivity contribution in [2.75, 3.05) is 0 Å². The Bertz CT molecular complexity index is 749. The molecule has 0 aliphatic heterocycles. The fourth-order valence-electron chi connectivity index (χ4n) is 2.12. The standard InChI is InChI=1S/C16H16N4O/c1-10-5-7-11(8-6-10)14(17)16-18-15(19-20-16)12-3-2-4-13(21)9-12/h2-9,14,21H,17H2,1H3,(H,18,19,20). The molecule has 4 N–H and O–H groups in total. The highest BCUT2D eigenvalue weighted by Gasteiger charge is 2.14. The van der Waals surface area contributed by atoms with E-state index in [9.17, 15) is 5.11 Å². The highest BCUT2D eigenvalue weighted by molar-refractivity contribution is 5.57. The van der Waals surface area contributed by atoms with Gasteiger partial charge in [0.25, 0.3) is 0 Å². The molecule has 0 radical (unpaired) electrons. The van der Waals surface area contributed by atoms with Gasteiger partial charge in [-0.25, -0.2) is 4.98 Å². The summed E-state index contributed by atoms with van der Waals surface area (Å²) in [5.74, 6) is 1.29. The van der Waals surface area contributed by atoms with Crippen LogP contribution in [0.15, 0.2) is 48.5 Å². The molecule has 5 heteroatoms. The highest BCUT2D eigenvalue weighted by Crippen LogP contribution is 2.22. The number of phenolic OH excluding ortho intramolecular Hbond substituents is 1. The maximum Gasteiger partial charge on any atom is 0.181 e. The first-order valence-corrected chi connectivity index (χ1v) is 6.67. The second-order valence-corrected chi connectivity index (χ2v) is 4.98. The number of nitrogens with zero attached hydrogens (tertiary/aromatic N) is 2. The number of nitrogens with two attached hydrogens (primary N) is 1. The molecule has 21 heavy (non-hydrogen) atoms. The van der Waals surface area contributed by atoms with Gasteiger partial charge in [-0.05, 0) is 24.6 Å². The molecular formula is C16H16N4O. The molecule has 1 atom stereocenters. The number of aromatic nitrogens is 3. The number of hydrogen-bond donors (Lipinski definition) is 3. The lowest BCUT2D eigenvalue weighted by atomic mass is 10.1. The first kappa shape index (κ1) is 13.3. The van der Waals surface area contributed by atoms with Crippen molar-refractivity contribution in [3.8, 4) is 17.1 Å². The van der Waals surface area contributed by atoms with Crippen LogP contribution in [0.1, 0.15) is 23.0 Å². The molecule has 0 aliphatic carbocycles. The van der Waals surface area contributed by atoms with Crippen LogP contribution in [-0.4, -0.2) is 20.3 Å². The van der Waals surface area contributed by atoms with E-state index < -0.39 is 0 Å². The summed E-state index contributed by atoms with van der Waals surface area (Å²) in [6.45, 7) is 2.03. The van der Waals surface area contributed by atoms with Crippen LogP contribution in [0.5, 0.6) is 5.75 Å². The van der Waals surface area contributed by atoms with E-state index in [0.717, 1.165) is 11.1 Å². The number of aryl methyl sites for hydroxylation is 1. The number of nitrogens with one attached hydrogen (secondary N) is 1. The predicted octanol–water partition coefficient (Wildman–Crippen LogP) is 2.53. The molecule has 0 spiro atoms. The van der Waals surface area contributed by atoms with Gasteiger partial charge in [0, 0.05) is 5.56 Å². The van der Waals surface area contributed by atoms with Crippen LogP contribution in [0.3, 0.4) is 0 Å². The highest BCUT2D eigenvalue weighted by atomic mass is 16.3. The second-order valence-electron chi connectivity index (χ2n) is 4.98. The third kappa shape index (κ3) is 2.78. The van der Waals surface area contributed by atoms with Crippen molar-refractivity contribution >= 4 is 0 Å². The summed E-state index contributed by atoms with van der Waals surface area (Å²) in [7, 11) is 0. The van der Waals surface area contributed by atoms with Gasteiger partial charge in [0.1, 0.15) is 11.6 Å². The molecule has 0 bridgehead atoms. The number of H-pyrrole nitrogens is 1. The van der Waals surface area contributed by atoms with Crippen LogP contribution < -0.4 is 5.73 Å². The molecule has 0 aliphatic rings. The maximum atomic E-state index is 9.50. The molecular weight excluding hydrogens is 264 g/mol. The molecule has 1 aromatic heterocycles. The van der Waals surface area contributed by atoms with Gasteiger partial charge in [-0.3, -0.25) is 5.10 Å². The van der Waals surface area contributed by atoms with Crippen LogP contribution >= 0.6 is 0 Å². The van der Waals surface area contributed by atoms with E-state index in [1.807, 2.05) is 37.3 Å². The minimum absolute atomic E-state index is 0.182. The maximum absolute atomic E-state index is 9.50. The van der Waals surface area contributed by atoms with Crippen LogP contribution in [0.4, 0.5) is 0 Å². The average molecular weight is 280 g/mol. The Morgan fingerprint density at radius 3 is 2.62 bits per heavy atom. The Morgan fingerprint density at radius 1 is 1.14 bits per heavy atom. The third-order valence-electron chi connectivity index (χ3n) is 3.34. The molecule has 3 rings (SSSR count). The monoisotopic (exact) mass is 280 g/mol. The van der Waals surface area contributed by atoms with E-state index in [-0.39, 0.29) is 11.8 Å². The minimum Gasteiger partial charge on any atom is -0.508 e. The van der Waals surface area contributed by atoms with Gasteiger partial charge in [-0.1, -0.05) is 42.0 Å². The summed E-state index contributed by atoms with van der Waals surface area (Å²) < 4.78 is 0. The molecule has 2 aromatic carbocycles. The lowest BCUT2D eigenvalue weighted by molar-refractivity contribution is 0.475. The first-order chi connectivity index (χ1) is 10.1. The van der Waals surface area contributed by atoms with Crippen LogP contribution in [0.2, 0.25) is 0 Å². The van der Waals surface area contributed by atoms with Crippen molar-refractivity contribution in [1.82, 2.24) is 15.2 Å². The van der Waals surface area contributed by atoms with Crippen LogP contribution in [-0.2, 0) is 0 Å². The number of aromatic amines is 1. The Morgan fingerprint density at radius 2 is 1.90 bits per heavy atom. The van der Waals surface area contributed by atoms with Crippen molar-refractivity contribution in [3.05, 3.63) is 65.5 Å². The number of phenols is 1. The Kier molecular flexibility index (Phi) is 3.41. The first-order valence-electron chi connectivity index (χ1n) is 6.67. The molecule has 0 saturated carbocycles. The summed E-state index contributed by atoms with van der Waals surface area (Å²) in [6.07, 6.45) is 0. The normalized spacial score (nSPS) is 12.3. The lowest BCUT2D eigenvalue weighted by Crippen LogP contribution is -2.13. The van der Waals surface area contributed by atoms with Gasteiger partial charge >= 0.3 is 0 Å². The van der Waals surface area contributed by atoms with Crippen LogP contribution in [0.25, 0.3) is 11.4 Å². The topological polar surface area (TPSA) is 87.8 Å². The van der Waals surface area contributed by atoms with Gasteiger partial charge in [-0.15, -0.1) is 0 Å². The predicted molar refractivity (Wildman–Crippen MR) is 80.7 cm³/mol. The van der Waals surface area contributed by atoms with Crippen molar-refractivity contribution in [2.24, 2.45) is 5.73 Å². The van der Waals surface area contributed by atoms with Crippen molar-refractivity contribution in [3.63, 3.8) is 0 Å². The summed E-state index contributed by atoms with van der Waals surface area (Å²) in [5.41, 5.74) is 9.10. The number of benzene rings is 2. The summed E-state index contributed by atoms with van der Waals surface area (Å²) in [6, 6.07) is 14.4. The smallest absolute Gasteiger partial charge is 0.181 e. The van der Waals surface area contributed by atoms with Gasteiger partial charge < -0.3 is 10.8 Å². The van der Waals surface area contributed by atoms with Crippen LogP contribution in [0, 0.1) is 6.92 Å². The van der Waals surface area contributed by atoms with E-state index in [0.29, 0.717) is 11.6 Å². The Balaban J connectivity index is 1.89. The zero-order valence-electron chi connectivity index (χ0n) is 11.6. The molecule has 0 saturated heterocycles. The van der Waals surface area contributed by atoms with E-state index in [2.05, 4.69) is 15.2 Å². The van der Waals surface area contributed by atoms with E-state index in [4.69, 9.17) is 5.73 Å². The molecule has 0 fully saturated rings. The van der Waals surface area contributed by atoms with Crippen molar-refractivity contribution < 1.29 is 5.11 Å². The van der Waals surface area contributed by atoms with E-state index in [1.54, 1.807) is 18.2 Å². The van der Waals surface area contributed by atoms with Gasteiger partial charge in [-0.2, -0.15) is 5.10 Å². The largest absolute Gasteiger partial charge is 0.508 e. The average Bonchev–Trinajstić information content (AvgIpc) is 2.97. The molecule has 1 unspecified atom stereocenters. The summed E-state index contributed by atoms with van der Waals surface area (Å²) in [5, 5.41) is 16.5. The van der Waals surface area contributed by atoms with Gasteiger partial charge in [0.15, 0.2) is 5.82 Å². The summed E-state index contributed by atoms with van der Waals surface area (Å²) in [4.78, 5) is 4.42. The second kappa shape index (κ2) is 5.38. The third-order valence-corrected chi connectivity index (χ3v) is 3.34. The van der Waals surface area contributed by atoms with Gasteiger partial charge in [0.05, 0.1) is 6.04 Å². The Hall–Kier alpha value is -2.66. The SMILES string of the molecule is Cc1ccc(C(N)c2nc(-c3cccc(O)c3)n[nH]2)cc1. The fourth-order valence-corrected chi connectivity index (χ4v) is 2.12. The quantitative estimate of drug-likeness (QED) is 0.688.